The summed E-state index contributed by atoms with van der Waals surface area (Å²) in [5, 5.41) is 11.1. The Labute approximate surface area is 269 Å². The van der Waals surface area contributed by atoms with E-state index < -0.39 is 52.6 Å². The number of carbonyl (C=O) groups is 4. The molecule has 4 aliphatic rings. The Balaban J connectivity index is 1.38. The van der Waals surface area contributed by atoms with Crippen LogP contribution in [0.25, 0.3) is 6.08 Å². The van der Waals surface area contributed by atoms with E-state index in [-0.39, 0.29) is 41.1 Å². The van der Waals surface area contributed by atoms with Crippen LogP contribution in [0.4, 0.5) is 15.8 Å². The number of fused-ring (bicyclic) bond motifs is 4. The van der Waals surface area contributed by atoms with E-state index in [1.165, 1.54) is 30.2 Å². The summed E-state index contributed by atoms with van der Waals surface area (Å²) in [6.45, 7) is 5.45. The van der Waals surface area contributed by atoms with Crippen LogP contribution in [-0.2, 0) is 19.2 Å². The lowest BCUT2D eigenvalue weighted by Crippen LogP contribution is -2.49. The van der Waals surface area contributed by atoms with Gasteiger partial charge >= 0.3 is 0 Å². The molecule has 10 heteroatoms. The maximum atomic E-state index is 14.6. The third-order valence-corrected chi connectivity index (χ3v) is 10.7. The Bertz CT molecular complexity index is 1890. The number of aromatic hydroxyl groups is 1. The molecule has 2 aliphatic heterocycles. The van der Waals surface area contributed by atoms with Crippen molar-refractivity contribution in [1.82, 2.24) is 0 Å². The monoisotopic (exact) mass is 640 g/mol. The Morgan fingerprint density at radius 1 is 0.978 bits per heavy atom. The molecule has 4 amide bonds. The number of ether oxygens (including phenoxy) is 1. The van der Waals surface area contributed by atoms with Crippen molar-refractivity contribution >= 4 is 52.7 Å². The first-order valence-electron chi connectivity index (χ1n) is 15.0. The minimum atomic E-state index is -1.43. The highest BCUT2D eigenvalue weighted by Crippen LogP contribution is 2.65. The number of carbonyl (C=O) groups excluding carboxylic acids is 4. The van der Waals surface area contributed by atoms with E-state index in [4.69, 9.17) is 16.3 Å². The average molecular weight is 641 g/mol. The number of amides is 4. The van der Waals surface area contributed by atoms with Gasteiger partial charge in [0.25, 0.3) is 0 Å². The maximum absolute atomic E-state index is 14.6. The van der Waals surface area contributed by atoms with Crippen LogP contribution in [0.2, 0.25) is 5.02 Å². The quantitative estimate of drug-likeness (QED) is 0.260. The van der Waals surface area contributed by atoms with Crippen LogP contribution in [0.1, 0.15) is 36.8 Å². The molecule has 2 saturated heterocycles. The summed E-state index contributed by atoms with van der Waals surface area (Å²) in [6, 6.07) is 15.4. The lowest BCUT2D eigenvalue weighted by molar-refractivity contribution is -0.131. The summed E-state index contributed by atoms with van der Waals surface area (Å²) < 4.78 is 19.8. The molecule has 234 valence electrons. The first-order chi connectivity index (χ1) is 22.0. The number of hydrogen-bond donors (Lipinski definition) is 1. The second-order valence-corrected chi connectivity index (χ2v) is 12.9. The molecule has 0 spiro atoms. The average Bonchev–Trinajstić information content (AvgIpc) is 3.42. The molecular weight excluding hydrogens is 611 g/mol. The largest absolute Gasteiger partial charge is 0.508 e. The highest BCUT2D eigenvalue weighted by atomic mass is 35.5. The van der Waals surface area contributed by atoms with Crippen molar-refractivity contribution in [3.63, 3.8) is 0 Å². The van der Waals surface area contributed by atoms with Gasteiger partial charge in [0.15, 0.2) is 0 Å². The molecular formula is C36H30ClFN2O6. The zero-order valence-electron chi connectivity index (χ0n) is 25.1. The molecule has 6 atom stereocenters. The summed E-state index contributed by atoms with van der Waals surface area (Å²) in [4.78, 5) is 59.2. The van der Waals surface area contributed by atoms with Gasteiger partial charge in [-0.2, -0.15) is 0 Å². The van der Waals surface area contributed by atoms with E-state index in [2.05, 4.69) is 6.58 Å². The molecule has 2 aliphatic carbocycles. The molecule has 1 saturated carbocycles. The number of allylic oxidation sites excluding steroid dienone is 2. The number of imide groups is 2. The molecule has 0 bridgehead atoms. The Hall–Kier alpha value is -4.76. The van der Waals surface area contributed by atoms with Gasteiger partial charge in [-0.15, -0.1) is 0 Å². The van der Waals surface area contributed by atoms with E-state index >= 15 is 0 Å². The molecule has 3 aromatic carbocycles. The molecule has 0 radical (unpaired) electrons. The van der Waals surface area contributed by atoms with E-state index in [9.17, 15) is 28.7 Å². The van der Waals surface area contributed by atoms with Crippen molar-refractivity contribution in [2.24, 2.45) is 29.1 Å². The zero-order chi connectivity index (χ0) is 32.7. The molecule has 2 heterocycles. The minimum absolute atomic E-state index is 0.119. The fourth-order valence-corrected chi connectivity index (χ4v) is 8.38. The standard InChI is InChI=1S/C36H30ClFN2O6/c1-4-18-8-10-19(11-9-18)39-32(42)22-14-13-21-23(29(22)34(39)44)17-24-33(43)40(20-12-15-26(38)25(37)16-20)35(45)36(24,2)31(21)30-27(41)6-5-7-28(30)46-3/h4-13,15-16,22-24,29,31,41H,1,14,17H2,2-3H3/t22-,23+,24-,29-,31+,36+/m0/s1. The number of rotatable bonds is 5. The predicted molar refractivity (Wildman–Crippen MR) is 170 cm³/mol. The molecule has 7 rings (SSSR count). The van der Waals surface area contributed by atoms with Gasteiger partial charge in [-0.05, 0) is 73.7 Å². The molecule has 0 unspecified atom stereocenters. The topological polar surface area (TPSA) is 104 Å². The number of phenolic OH excluding ortho intramolecular Hbond substituents is 1. The van der Waals surface area contributed by atoms with E-state index in [0.29, 0.717) is 22.6 Å². The first kappa shape index (κ1) is 29.9. The number of anilines is 2. The molecule has 3 fully saturated rings. The SMILES string of the molecule is C=Cc1ccc(N2C(=O)[C@H]3[C@H](CC=C4[C@H]3C[C@H]3C(=O)N(c5ccc(F)c(Cl)c5)C(=O)[C@@]3(C)[C@H]4c3c(O)cccc3OC)C2=O)cc1. The third-order valence-electron chi connectivity index (χ3n) is 10.4. The van der Waals surface area contributed by atoms with Crippen molar-refractivity contribution < 1.29 is 33.4 Å². The number of halogens is 2. The number of hydrogen-bond acceptors (Lipinski definition) is 6. The predicted octanol–water partition coefficient (Wildman–Crippen LogP) is 6.27. The first-order valence-corrected chi connectivity index (χ1v) is 15.4. The smallest absolute Gasteiger partial charge is 0.241 e. The Kier molecular flexibility index (Phi) is 6.93. The highest BCUT2D eigenvalue weighted by Gasteiger charge is 2.68. The Morgan fingerprint density at radius 3 is 2.37 bits per heavy atom. The van der Waals surface area contributed by atoms with Crippen LogP contribution < -0.4 is 14.5 Å². The van der Waals surface area contributed by atoms with Crippen LogP contribution in [0, 0.1) is 34.9 Å². The summed E-state index contributed by atoms with van der Waals surface area (Å²) in [5.41, 5.74) is 1.00. The molecule has 3 aromatic rings. The van der Waals surface area contributed by atoms with Gasteiger partial charge in [0.05, 0.1) is 46.7 Å². The summed E-state index contributed by atoms with van der Waals surface area (Å²) in [6.07, 6.45) is 3.93. The second-order valence-electron chi connectivity index (χ2n) is 12.5. The number of nitrogens with zero attached hydrogens (tertiary/aromatic N) is 2. The summed E-state index contributed by atoms with van der Waals surface area (Å²) in [5.74, 6) is -6.12. The van der Waals surface area contributed by atoms with Crippen LogP contribution in [-0.4, -0.2) is 35.8 Å². The van der Waals surface area contributed by atoms with E-state index in [1.54, 1.807) is 49.4 Å². The van der Waals surface area contributed by atoms with Gasteiger partial charge in [-0.25, -0.2) is 9.29 Å². The lowest BCUT2D eigenvalue weighted by atomic mass is 9.51. The fraction of sp³-hybridized carbons (Fsp3) is 0.278. The normalized spacial score (nSPS) is 28.5. The van der Waals surface area contributed by atoms with Crippen molar-refractivity contribution in [2.75, 3.05) is 16.9 Å². The van der Waals surface area contributed by atoms with Crippen LogP contribution in [0.5, 0.6) is 11.5 Å². The van der Waals surface area contributed by atoms with Crippen molar-refractivity contribution in [3.05, 3.63) is 101 Å². The van der Waals surface area contributed by atoms with Gasteiger partial charge < -0.3 is 9.84 Å². The van der Waals surface area contributed by atoms with Gasteiger partial charge in [0.2, 0.25) is 23.6 Å². The molecule has 0 aromatic heterocycles. The van der Waals surface area contributed by atoms with Crippen molar-refractivity contribution in [1.29, 1.82) is 0 Å². The second kappa shape index (κ2) is 10.7. The number of methoxy groups -OCH3 is 1. The fourth-order valence-electron chi connectivity index (χ4n) is 8.21. The molecule has 46 heavy (non-hydrogen) atoms. The number of benzene rings is 3. The lowest BCUT2D eigenvalue weighted by Gasteiger charge is -2.49. The summed E-state index contributed by atoms with van der Waals surface area (Å²) >= 11 is 6.07. The van der Waals surface area contributed by atoms with Gasteiger partial charge in [0, 0.05) is 11.5 Å². The Morgan fingerprint density at radius 2 is 1.70 bits per heavy atom. The van der Waals surface area contributed by atoms with Crippen LogP contribution >= 0.6 is 11.6 Å². The van der Waals surface area contributed by atoms with E-state index in [1.807, 2.05) is 6.08 Å². The van der Waals surface area contributed by atoms with Crippen molar-refractivity contribution in [3.8, 4) is 11.5 Å². The van der Waals surface area contributed by atoms with Crippen LogP contribution in [0.3, 0.4) is 0 Å². The summed E-state index contributed by atoms with van der Waals surface area (Å²) in [7, 11) is 1.45. The molecule has 1 N–H and O–H groups in total. The molecule has 8 nitrogen and oxygen atoms in total. The van der Waals surface area contributed by atoms with Crippen molar-refractivity contribution in [2.45, 2.75) is 25.7 Å². The minimum Gasteiger partial charge on any atom is -0.508 e. The van der Waals surface area contributed by atoms with Crippen LogP contribution in [0.15, 0.2) is 78.9 Å². The zero-order valence-corrected chi connectivity index (χ0v) is 25.8. The van der Waals surface area contributed by atoms with E-state index in [0.717, 1.165) is 16.5 Å². The maximum Gasteiger partial charge on any atom is 0.241 e. The van der Waals surface area contributed by atoms with Gasteiger partial charge in [-0.1, -0.05) is 54.1 Å². The number of phenols is 1. The van der Waals surface area contributed by atoms with Gasteiger partial charge in [-0.3, -0.25) is 24.1 Å². The highest BCUT2D eigenvalue weighted by molar-refractivity contribution is 6.32. The van der Waals surface area contributed by atoms with Gasteiger partial charge in [0.1, 0.15) is 17.3 Å². The third kappa shape index (κ3) is 4.04.